The number of amides is 2. The molecule has 0 saturated carbocycles. The van der Waals surface area contributed by atoms with Gasteiger partial charge in [-0.1, -0.05) is 23.2 Å². The van der Waals surface area contributed by atoms with Gasteiger partial charge in [-0.05, 0) is 42.6 Å². The number of nitrogens with two attached hydrogens (primary N) is 1. The topological polar surface area (TPSA) is 58.4 Å². The smallest absolute Gasteiger partial charge is 0.317 e. The van der Waals surface area contributed by atoms with E-state index >= 15 is 0 Å². The predicted molar refractivity (Wildman–Crippen MR) is 77.4 cm³/mol. The molecule has 1 aromatic rings. The molecule has 1 fully saturated rings. The molecule has 1 saturated heterocycles. The fourth-order valence-corrected chi connectivity index (χ4v) is 2.55. The van der Waals surface area contributed by atoms with Crippen molar-refractivity contribution >= 4 is 29.2 Å². The van der Waals surface area contributed by atoms with Crippen LogP contribution in [0, 0.1) is 5.92 Å². The molecular weight excluding hydrogens is 285 g/mol. The Bertz CT molecular complexity index is 467. The molecule has 2 amide bonds. The summed E-state index contributed by atoms with van der Waals surface area (Å²) >= 11 is 11.9. The molecule has 0 aliphatic carbocycles. The molecule has 1 heterocycles. The summed E-state index contributed by atoms with van der Waals surface area (Å²) in [6, 6.07) is 5.14. The monoisotopic (exact) mass is 301 g/mol. The van der Waals surface area contributed by atoms with Gasteiger partial charge in [-0.25, -0.2) is 4.79 Å². The SMILES string of the molecule is NC[C@@H]1CCN(C(=O)NCc2cc(Cl)ccc2Cl)C1. The molecule has 6 heteroatoms. The highest BCUT2D eigenvalue weighted by Gasteiger charge is 2.24. The van der Waals surface area contributed by atoms with E-state index in [1.807, 2.05) is 0 Å². The largest absolute Gasteiger partial charge is 0.334 e. The fourth-order valence-electron chi connectivity index (χ4n) is 2.17. The molecule has 0 radical (unpaired) electrons. The highest BCUT2D eigenvalue weighted by molar-refractivity contribution is 6.33. The van der Waals surface area contributed by atoms with Crippen molar-refractivity contribution in [2.75, 3.05) is 19.6 Å². The van der Waals surface area contributed by atoms with E-state index in [0.717, 1.165) is 25.1 Å². The summed E-state index contributed by atoms with van der Waals surface area (Å²) in [4.78, 5) is 13.8. The normalized spacial score (nSPS) is 18.7. The zero-order valence-corrected chi connectivity index (χ0v) is 12.0. The van der Waals surface area contributed by atoms with Crippen molar-refractivity contribution in [2.24, 2.45) is 11.7 Å². The minimum atomic E-state index is -0.0769. The minimum absolute atomic E-state index is 0.0769. The van der Waals surface area contributed by atoms with Gasteiger partial charge in [0.1, 0.15) is 0 Å². The first-order valence-electron chi connectivity index (χ1n) is 6.27. The molecule has 1 aliphatic rings. The van der Waals surface area contributed by atoms with Crippen LogP contribution in [0.5, 0.6) is 0 Å². The number of hydrogen-bond donors (Lipinski definition) is 2. The Hall–Kier alpha value is -0.970. The number of benzene rings is 1. The summed E-state index contributed by atoms with van der Waals surface area (Å²) < 4.78 is 0. The van der Waals surface area contributed by atoms with E-state index in [0.29, 0.717) is 29.1 Å². The molecule has 1 aliphatic heterocycles. The third-order valence-electron chi connectivity index (χ3n) is 3.34. The maximum Gasteiger partial charge on any atom is 0.317 e. The molecule has 0 unspecified atom stereocenters. The number of urea groups is 1. The Labute approximate surface area is 122 Å². The third-order valence-corrected chi connectivity index (χ3v) is 3.95. The first kappa shape index (κ1) is 14.4. The van der Waals surface area contributed by atoms with Crippen molar-refractivity contribution in [3.05, 3.63) is 33.8 Å². The van der Waals surface area contributed by atoms with Crippen molar-refractivity contribution in [1.29, 1.82) is 0 Å². The lowest BCUT2D eigenvalue weighted by Gasteiger charge is -2.17. The van der Waals surface area contributed by atoms with E-state index in [9.17, 15) is 4.79 Å². The van der Waals surface area contributed by atoms with Gasteiger partial charge in [0.2, 0.25) is 0 Å². The van der Waals surface area contributed by atoms with E-state index in [-0.39, 0.29) is 6.03 Å². The Kier molecular flexibility index (Phi) is 4.91. The quantitative estimate of drug-likeness (QED) is 0.901. The highest BCUT2D eigenvalue weighted by atomic mass is 35.5. The summed E-state index contributed by atoms with van der Waals surface area (Å²) in [7, 11) is 0. The third kappa shape index (κ3) is 3.75. The number of nitrogens with zero attached hydrogens (tertiary/aromatic N) is 1. The van der Waals surface area contributed by atoms with Crippen molar-refractivity contribution in [2.45, 2.75) is 13.0 Å². The van der Waals surface area contributed by atoms with Crippen LogP contribution in [0.4, 0.5) is 4.79 Å². The van der Waals surface area contributed by atoms with Gasteiger partial charge in [-0.3, -0.25) is 0 Å². The average molecular weight is 302 g/mol. The average Bonchev–Trinajstić information content (AvgIpc) is 2.88. The summed E-state index contributed by atoms with van der Waals surface area (Å²) in [5.74, 6) is 0.417. The lowest BCUT2D eigenvalue weighted by Crippen LogP contribution is -2.38. The zero-order chi connectivity index (χ0) is 13.8. The molecule has 0 spiro atoms. The second-order valence-corrected chi connectivity index (χ2v) is 5.57. The van der Waals surface area contributed by atoms with E-state index in [1.54, 1.807) is 23.1 Å². The van der Waals surface area contributed by atoms with E-state index in [4.69, 9.17) is 28.9 Å². The molecule has 19 heavy (non-hydrogen) atoms. The standard InChI is InChI=1S/C13H17Cl2N3O/c14-11-1-2-12(15)10(5-11)7-17-13(19)18-4-3-9(6-16)8-18/h1-2,5,9H,3-4,6-8,16H2,(H,17,19)/t9-/m0/s1. The van der Waals surface area contributed by atoms with E-state index in [1.165, 1.54) is 0 Å². The van der Waals surface area contributed by atoms with Gasteiger partial charge in [0.15, 0.2) is 0 Å². The maximum absolute atomic E-state index is 12.0. The molecular formula is C13H17Cl2N3O. The number of nitrogens with one attached hydrogen (secondary N) is 1. The lowest BCUT2D eigenvalue weighted by molar-refractivity contribution is 0.207. The second-order valence-electron chi connectivity index (χ2n) is 4.73. The summed E-state index contributed by atoms with van der Waals surface area (Å²) in [6.07, 6.45) is 0.974. The first-order chi connectivity index (χ1) is 9.10. The van der Waals surface area contributed by atoms with Gasteiger partial charge in [-0.2, -0.15) is 0 Å². The van der Waals surface area contributed by atoms with Crippen molar-refractivity contribution in [3.63, 3.8) is 0 Å². The molecule has 1 aromatic carbocycles. The number of hydrogen-bond acceptors (Lipinski definition) is 2. The second kappa shape index (κ2) is 6.46. The van der Waals surface area contributed by atoms with Crippen LogP contribution in [0.3, 0.4) is 0 Å². The lowest BCUT2D eigenvalue weighted by atomic mass is 10.1. The van der Waals surface area contributed by atoms with Crippen LogP contribution in [0.15, 0.2) is 18.2 Å². The van der Waals surface area contributed by atoms with Crippen LogP contribution < -0.4 is 11.1 Å². The molecule has 3 N–H and O–H groups in total. The van der Waals surface area contributed by atoms with Gasteiger partial charge in [-0.15, -0.1) is 0 Å². The Morgan fingerprint density at radius 2 is 2.26 bits per heavy atom. The zero-order valence-electron chi connectivity index (χ0n) is 10.5. The first-order valence-corrected chi connectivity index (χ1v) is 7.02. The predicted octanol–water partition coefficient (Wildman–Crippen LogP) is 2.48. The number of carbonyl (C=O) groups excluding carboxylic acids is 1. The number of carbonyl (C=O) groups is 1. The molecule has 104 valence electrons. The molecule has 2 rings (SSSR count). The van der Waals surface area contributed by atoms with Crippen LogP contribution in [-0.4, -0.2) is 30.6 Å². The fraction of sp³-hybridized carbons (Fsp3) is 0.462. The highest BCUT2D eigenvalue weighted by Crippen LogP contribution is 2.20. The van der Waals surface area contributed by atoms with Crippen molar-refractivity contribution in [1.82, 2.24) is 10.2 Å². The number of likely N-dealkylation sites (tertiary alicyclic amines) is 1. The van der Waals surface area contributed by atoms with Gasteiger partial charge in [0, 0.05) is 29.7 Å². The van der Waals surface area contributed by atoms with Crippen LogP contribution >= 0.6 is 23.2 Å². The Balaban J connectivity index is 1.88. The number of rotatable bonds is 3. The van der Waals surface area contributed by atoms with Gasteiger partial charge in [0.25, 0.3) is 0 Å². The molecule has 0 aromatic heterocycles. The molecule has 1 atom stereocenters. The minimum Gasteiger partial charge on any atom is -0.334 e. The van der Waals surface area contributed by atoms with E-state index in [2.05, 4.69) is 5.32 Å². The van der Waals surface area contributed by atoms with Crippen LogP contribution in [-0.2, 0) is 6.54 Å². The molecule has 4 nitrogen and oxygen atoms in total. The van der Waals surface area contributed by atoms with Gasteiger partial charge >= 0.3 is 6.03 Å². The summed E-state index contributed by atoms with van der Waals surface area (Å²) in [5.41, 5.74) is 6.42. The maximum atomic E-state index is 12.0. The number of halogens is 2. The summed E-state index contributed by atoms with van der Waals surface area (Å²) in [6.45, 7) is 2.49. The van der Waals surface area contributed by atoms with E-state index < -0.39 is 0 Å². The van der Waals surface area contributed by atoms with Crippen molar-refractivity contribution in [3.8, 4) is 0 Å². The molecule has 0 bridgehead atoms. The Morgan fingerprint density at radius 3 is 2.95 bits per heavy atom. The van der Waals surface area contributed by atoms with Gasteiger partial charge in [0.05, 0.1) is 0 Å². The van der Waals surface area contributed by atoms with Gasteiger partial charge < -0.3 is 16.0 Å². The van der Waals surface area contributed by atoms with Crippen LogP contribution in [0.25, 0.3) is 0 Å². The summed E-state index contributed by atoms with van der Waals surface area (Å²) in [5, 5.41) is 4.07. The van der Waals surface area contributed by atoms with Crippen LogP contribution in [0.2, 0.25) is 10.0 Å². The van der Waals surface area contributed by atoms with Crippen molar-refractivity contribution < 1.29 is 4.79 Å². The Morgan fingerprint density at radius 1 is 1.47 bits per heavy atom. The van der Waals surface area contributed by atoms with Crippen LogP contribution in [0.1, 0.15) is 12.0 Å².